The second kappa shape index (κ2) is 9.85. The van der Waals surface area contributed by atoms with E-state index >= 15 is 0 Å². The van der Waals surface area contributed by atoms with Gasteiger partial charge in [0.25, 0.3) is 5.56 Å². The summed E-state index contributed by atoms with van der Waals surface area (Å²) in [5.41, 5.74) is 2.53. The van der Waals surface area contributed by atoms with Crippen molar-refractivity contribution in [1.29, 1.82) is 0 Å². The van der Waals surface area contributed by atoms with Crippen molar-refractivity contribution < 1.29 is 9.13 Å². The monoisotopic (exact) mass is 392 g/mol. The molecule has 1 aromatic heterocycles. The average molecular weight is 392 g/mol. The molecule has 3 rings (SSSR count). The van der Waals surface area contributed by atoms with Crippen molar-refractivity contribution >= 4 is 6.08 Å². The molecule has 1 heterocycles. The number of hydrogen-bond acceptors (Lipinski definition) is 3. The third kappa shape index (κ3) is 6.16. The number of nitrogens with one attached hydrogen (secondary N) is 1. The molecule has 4 nitrogen and oxygen atoms in total. The Bertz CT molecular complexity index is 1010. The number of nitrogens with zero attached hydrogens (tertiary/aromatic N) is 1. The van der Waals surface area contributed by atoms with Crippen molar-refractivity contribution in [2.75, 3.05) is 6.54 Å². The van der Waals surface area contributed by atoms with Gasteiger partial charge in [0.1, 0.15) is 18.2 Å². The molecular formula is C24H25FN2O2. The summed E-state index contributed by atoms with van der Waals surface area (Å²) in [4.78, 5) is 12.5. The molecule has 0 aliphatic carbocycles. The SMILES string of the molecule is CC(C)NC/C=C/c1ccc(-n2ccc(OCc3ccc(F)cc3)cc2=O)cc1. The lowest BCUT2D eigenvalue weighted by Crippen LogP contribution is -2.22. The molecule has 0 radical (unpaired) electrons. The van der Waals surface area contributed by atoms with Gasteiger partial charge in [0.05, 0.1) is 0 Å². The van der Waals surface area contributed by atoms with Gasteiger partial charge < -0.3 is 10.1 Å². The highest BCUT2D eigenvalue weighted by atomic mass is 19.1. The van der Waals surface area contributed by atoms with Gasteiger partial charge in [-0.2, -0.15) is 0 Å². The van der Waals surface area contributed by atoms with Crippen LogP contribution in [0.15, 0.2) is 77.7 Å². The average Bonchev–Trinajstić information content (AvgIpc) is 2.71. The predicted octanol–water partition coefficient (Wildman–Crippen LogP) is 4.57. The van der Waals surface area contributed by atoms with Crippen LogP contribution in [0.3, 0.4) is 0 Å². The van der Waals surface area contributed by atoms with Crippen molar-refractivity contribution in [2.24, 2.45) is 0 Å². The van der Waals surface area contributed by atoms with Crippen LogP contribution in [0, 0.1) is 5.82 Å². The molecule has 0 saturated carbocycles. The first kappa shape index (κ1) is 20.6. The Kier molecular flexibility index (Phi) is 6.98. The molecule has 150 valence electrons. The number of ether oxygens (including phenoxy) is 1. The molecular weight excluding hydrogens is 367 g/mol. The third-order valence-corrected chi connectivity index (χ3v) is 4.34. The summed E-state index contributed by atoms with van der Waals surface area (Å²) in [6.45, 7) is 5.31. The molecule has 0 aliphatic heterocycles. The van der Waals surface area contributed by atoms with E-state index in [4.69, 9.17) is 4.74 Å². The molecule has 5 heteroatoms. The number of aromatic nitrogens is 1. The van der Waals surface area contributed by atoms with Crippen molar-refractivity contribution in [3.8, 4) is 11.4 Å². The highest BCUT2D eigenvalue weighted by Crippen LogP contribution is 2.14. The Balaban J connectivity index is 1.63. The molecule has 1 N–H and O–H groups in total. The van der Waals surface area contributed by atoms with Gasteiger partial charge in [-0.25, -0.2) is 4.39 Å². The Labute approximate surface area is 170 Å². The van der Waals surface area contributed by atoms with E-state index in [0.717, 1.165) is 23.4 Å². The van der Waals surface area contributed by atoms with Crippen LogP contribution in [0.25, 0.3) is 11.8 Å². The maximum absolute atomic E-state index is 12.9. The third-order valence-electron chi connectivity index (χ3n) is 4.34. The van der Waals surface area contributed by atoms with E-state index in [9.17, 15) is 9.18 Å². The molecule has 2 aromatic carbocycles. The Morgan fingerprint density at radius 3 is 2.45 bits per heavy atom. The molecule has 29 heavy (non-hydrogen) atoms. The van der Waals surface area contributed by atoms with Crippen LogP contribution < -0.4 is 15.6 Å². The first-order valence-corrected chi connectivity index (χ1v) is 9.61. The molecule has 0 atom stereocenters. The van der Waals surface area contributed by atoms with Crippen LogP contribution >= 0.6 is 0 Å². The number of halogens is 1. The Hall–Kier alpha value is -3.18. The van der Waals surface area contributed by atoms with E-state index in [1.165, 1.54) is 18.2 Å². The number of benzene rings is 2. The van der Waals surface area contributed by atoms with Gasteiger partial charge in [0.15, 0.2) is 0 Å². The zero-order chi connectivity index (χ0) is 20.6. The minimum Gasteiger partial charge on any atom is -0.489 e. The molecule has 0 fully saturated rings. The molecule has 0 spiro atoms. The first-order valence-electron chi connectivity index (χ1n) is 9.61. The zero-order valence-electron chi connectivity index (χ0n) is 16.6. The Morgan fingerprint density at radius 2 is 1.79 bits per heavy atom. The highest BCUT2D eigenvalue weighted by Gasteiger charge is 2.03. The summed E-state index contributed by atoms with van der Waals surface area (Å²) in [5.74, 6) is 0.192. The summed E-state index contributed by atoms with van der Waals surface area (Å²) in [6.07, 6.45) is 5.82. The zero-order valence-corrected chi connectivity index (χ0v) is 16.6. The van der Waals surface area contributed by atoms with Crippen LogP contribution in [0.2, 0.25) is 0 Å². The lowest BCUT2D eigenvalue weighted by molar-refractivity contribution is 0.305. The highest BCUT2D eigenvalue weighted by molar-refractivity contribution is 5.52. The maximum Gasteiger partial charge on any atom is 0.258 e. The molecule has 0 unspecified atom stereocenters. The van der Waals surface area contributed by atoms with Crippen molar-refractivity contribution in [2.45, 2.75) is 26.5 Å². The largest absolute Gasteiger partial charge is 0.489 e. The van der Waals surface area contributed by atoms with E-state index in [-0.39, 0.29) is 18.0 Å². The fraction of sp³-hybridized carbons (Fsp3) is 0.208. The molecule has 0 saturated heterocycles. The van der Waals surface area contributed by atoms with E-state index in [1.807, 2.05) is 30.3 Å². The van der Waals surface area contributed by atoms with Crippen molar-refractivity contribution in [3.05, 3.63) is 100 Å². The minimum atomic E-state index is -0.287. The number of pyridine rings is 1. The fourth-order valence-electron chi connectivity index (χ4n) is 2.76. The number of hydrogen-bond donors (Lipinski definition) is 1. The summed E-state index contributed by atoms with van der Waals surface area (Å²) in [7, 11) is 0. The normalized spacial score (nSPS) is 11.3. The lowest BCUT2D eigenvalue weighted by Gasteiger charge is -2.09. The van der Waals surface area contributed by atoms with E-state index < -0.39 is 0 Å². The van der Waals surface area contributed by atoms with Crippen LogP contribution in [0.5, 0.6) is 5.75 Å². The van der Waals surface area contributed by atoms with E-state index in [2.05, 4.69) is 25.2 Å². The van der Waals surface area contributed by atoms with Crippen molar-refractivity contribution in [3.63, 3.8) is 0 Å². The molecule has 0 bridgehead atoms. The second-order valence-electron chi connectivity index (χ2n) is 7.04. The maximum atomic E-state index is 12.9. The van der Waals surface area contributed by atoms with Gasteiger partial charge in [0.2, 0.25) is 0 Å². The van der Waals surface area contributed by atoms with Gasteiger partial charge in [-0.3, -0.25) is 9.36 Å². The lowest BCUT2D eigenvalue weighted by atomic mass is 10.2. The van der Waals surface area contributed by atoms with Gasteiger partial charge in [-0.1, -0.05) is 50.3 Å². The van der Waals surface area contributed by atoms with Crippen molar-refractivity contribution in [1.82, 2.24) is 9.88 Å². The van der Waals surface area contributed by atoms with Crippen LogP contribution in [0.1, 0.15) is 25.0 Å². The summed E-state index contributed by atoms with van der Waals surface area (Å²) in [5, 5.41) is 3.33. The standard InChI is InChI=1S/C24H25FN2O2/c1-18(2)26-14-3-4-19-7-11-22(12-8-19)27-15-13-23(16-24(27)28)29-17-20-5-9-21(25)10-6-20/h3-13,15-16,18,26H,14,17H2,1-2H3/b4-3+. The number of rotatable bonds is 8. The van der Waals surface area contributed by atoms with Gasteiger partial charge >= 0.3 is 0 Å². The van der Waals surface area contributed by atoms with Crippen LogP contribution in [-0.4, -0.2) is 17.2 Å². The Morgan fingerprint density at radius 1 is 1.07 bits per heavy atom. The van der Waals surface area contributed by atoms with E-state index in [0.29, 0.717) is 11.8 Å². The van der Waals surface area contributed by atoms with Gasteiger partial charge in [-0.15, -0.1) is 0 Å². The summed E-state index contributed by atoms with van der Waals surface area (Å²) in [6, 6.07) is 17.5. The smallest absolute Gasteiger partial charge is 0.258 e. The van der Waals surface area contributed by atoms with Crippen LogP contribution in [0.4, 0.5) is 4.39 Å². The van der Waals surface area contributed by atoms with Gasteiger partial charge in [-0.05, 0) is 41.5 Å². The topological polar surface area (TPSA) is 43.3 Å². The van der Waals surface area contributed by atoms with E-state index in [1.54, 1.807) is 29.0 Å². The molecule has 0 aliphatic rings. The molecule has 0 amide bonds. The summed E-state index contributed by atoms with van der Waals surface area (Å²) >= 11 is 0. The summed E-state index contributed by atoms with van der Waals surface area (Å²) < 4.78 is 20.2. The predicted molar refractivity (Wildman–Crippen MR) is 115 cm³/mol. The van der Waals surface area contributed by atoms with Crippen LogP contribution in [-0.2, 0) is 6.61 Å². The molecule has 3 aromatic rings. The quantitative estimate of drug-likeness (QED) is 0.611. The van der Waals surface area contributed by atoms with Gasteiger partial charge in [0, 0.05) is 30.5 Å². The first-order chi connectivity index (χ1) is 14.0. The minimum absolute atomic E-state index is 0.175. The second-order valence-corrected chi connectivity index (χ2v) is 7.04. The fourth-order valence-corrected chi connectivity index (χ4v) is 2.76.